The molecule has 3 rings (SSSR count). The predicted molar refractivity (Wildman–Crippen MR) is 75.7 cm³/mol. The van der Waals surface area contributed by atoms with E-state index >= 15 is 0 Å². The first-order valence-corrected chi connectivity index (χ1v) is 7.26. The van der Waals surface area contributed by atoms with E-state index in [0.717, 1.165) is 0 Å². The quantitative estimate of drug-likeness (QED) is 0.874. The number of nitrogens with one attached hydrogen (secondary N) is 1. The molecule has 1 aliphatic rings. The number of benzene rings is 1. The van der Waals surface area contributed by atoms with E-state index in [1.54, 1.807) is 0 Å². The van der Waals surface area contributed by atoms with Gasteiger partial charge in [0.15, 0.2) is 0 Å². The molecule has 88 valence electrons. The van der Waals surface area contributed by atoms with Crippen molar-refractivity contribution in [1.29, 1.82) is 0 Å². The fourth-order valence-electron chi connectivity index (χ4n) is 2.31. The van der Waals surface area contributed by atoms with Gasteiger partial charge in [-0.05, 0) is 36.5 Å². The van der Waals surface area contributed by atoms with Crippen LogP contribution in [0.3, 0.4) is 0 Å². The van der Waals surface area contributed by atoms with Crippen molar-refractivity contribution in [3.63, 3.8) is 0 Å². The molecule has 0 aliphatic carbocycles. The number of anilines is 1. The van der Waals surface area contributed by atoms with Gasteiger partial charge in [-0.2, -0.15) is 11.8 Å². The highest BCUT2D eigenvalue weighted by Gasteiger charge is 2.13. The predicted octanol–water partition coefficient (Wildman–Crippen LogP) is 3.54. The van der Waals surface area contributed by atoms with Crippen molar-refractivity contribution in [2.75, 3.05) is 16.8 Å². The van der Waals surface area contributed by atoms with Gasteiger partial charge < -0.3 is 5.32 Å². The zero-order valence-electron chi connectivity index (χ0n) is 9.73. The minimum atomic E-state index is 0.634. The van der Waals surface area contributed by atoms with Gasteiger partial charge in [-0.15, -0.1) is 0 Å². The number of nitrogens with zero attached hydrogens (tertiary/aromatic N) is 1. The molecule has 0 saturated carbocycles. The fourth-order valence-corrected chi connectivity index (χ4v) is 3.42. The van der Waals surface area contributed by atoms with Crippen LogP contribution in [0, 0.1) is 0 Å². The molecule has 2 heterocycles. The first-order chi connectivity index (χ1) is 8.43. The van der Waals surface area contributed by atoms with Crippen molar-refractivity contribution in [3.8, 4) is 0 Å². The SMILES string of the molecule is c1cc(NC2CCSCC2)c2ccncc2c1. The minimum absolute atomic E-state index is 0.634. The molecule has 0 unspecified atom stereocenters. The molecule has 0 spiro atoms. The van der Waals surface area contributed by atoms with Crippen molar-refractivity contribution in [3.05, 3.63) is 36.7 Å². The third-order valence-electron chi connectivity index (χ3n) is 3.26. The number of hydrogen-bond acceptors (Lipinski definition) is 3. The van der Waals surface area contributed by atoms with Crippen LogP contribution in [0.5, 0.6) is 0 Å². The number of fused-ring (bicyclic) bond motifs is 1. The van der Waals surface area contributed by atoms with Crippen LogP contribution in [-0.4, -0.2) is 22.5 Å². The van der Waals surface area contributed by atoms with Crippen molar-refractivity contribution in [1.82, 2.24) is 4.98 Å². The summed E-state index contributed by atoms with van der Waals surface area (Å²) in [5, 5.41) is 6.17. The molecule has 1 aliphatic heterocycles. The van der Waals surface area contributed by atoms with E-state index in [-0.39, 0.29) is 0 Å². The number of rotatable bonds is 2. The summed E-state index contributed by atoms with van der Waals surface area (Å²) in [5.41, 5.74) is 1.25. The van der Waals surface area contributed by atoms with Gasteiger partial charge in [-0.3, -0.25) is 4.98 Å². The van der Waals surface area contributed by atoms with Crippen LogP contribution in [0.25, 0.3) is 10.8 Å². The maximum atomic E-state index is 4.17. The monoisotopic (exact) mass is 244 g/mol. The Morgan fingerprint density at radius 1 is 1.18 bits per heavy atom. The molecule has 1 N–H and O–H groups in total. The van der Waals surface area contributed by atoms with Gasteiger partial charge in [0.1, 0.15) is 0 Å². The van der Waals surface area contributed by atoms with Gasteiger partial charge in [-0.25, -0.2) is 0 Å². The van der Waals surface area contributed by atoms with Gasteiger partial charge in [0, 0.05) is 34.9 Å². The molecule has 1 fully saturated rings. The lowest BCUT2D eigenvalue weighted by molar-refractivity contribution is 0.667. The Morgan fingerprint density at radius 2 is 2.06 bits per heavy atom. The van der Waals surface area contributed by atoms with Gasteiger partial charge in [0.25, 0.3) is 0 Å². The van der Waals surface area contributed by atoms with Gasteiger partial charge in [0.05, 0.1) is 0 Å². The molecule has 0 amide bonds. The Hall–Kier alpha value is -1.22. The summed E-state index contributed by atoms with van der Waals surface area (Å²) in [4.78, 5) is 4.17. The van der Waals surface area contributed by atoms with Crippen LogP contribution in [0.1, 0.15) is 12.8 Å². The third kappa shape index (κ3) is 2.39. The van der Waals surface area contributed by atoms with Crippen LogP contribution in [0.2, 0.25) is 0 Å². The van der Waals surface area contributed by atoms with E-state index < -0.39 is 0 Å². The molecule has 2 nitrogen and oxygen atoms in total. The summed E-state index contributed by atoms with van der Waals surface area (Å²) in [6, 6.07) is 9.11. The Labute approximate surface area is 106 Å². The Bertz CT molecular complexity index is 501. The van der Waals surface area contributed by atoms with Crippen LogP contribution in [0.15, 0.2) is 36.7 Å². The lowest BCUT2D eigenvalue weighted by atomic mass is 10.1. The largest absolute Gasteiger partial charge is 0.382 e. The molecule has 0 atom stereocenters. The number of pyridine rings is 1. The number of thioether (sulfide) groups is 1. The second-order valence-electron chi connectivity index (χ2n) is 4.43. The average Bonchev–Trinajstić information content (AvgIpc) is 2.40. The van der Waals surface area contributed by atoms with E-state index in [1.165, 1.54) is 40.8 Å². The molecule has 2 aromatic rings. The molecule has 17 heavy (non-hydrogen) atoms. The van der Waals surface area contributed by atoms with Crippen molar-refractivity contribution < 1.29 is 0 Å². The van der Waals surface area contributed by atoms with Crippen molar-refractivity contribution >= 4 is 28.2 Å². The summed E-state index contributed by atoms with van der Waals surface area (Å²) in [7, 11) is 0. The van der Waals surface area contributed by atoms with Crippen molar-refractivity contribution in [2.24, 2.45) is 0 Å². The van der Waals surface area contributed by atoms with Crippen molar-refractivity contribution in [2.45, 2.75) is 18.9 Å². The minimum Gasteiger partial charge on any atom is -0.382 e. The van der Waals surface area contributed by atoms with E-state index in [0.29, 0.717) is 6.04 Å². The summed E-state index contributed by atoms with van der Waals surface area (Å²) >= 11 is 2.06. The van der Waals surface area contributed by atoms with Crippen LogP contribution in [-0.2, 0) is 0 Å². The number of aromatic nitrogens is 1. The molecule has 1 saturated heterocycles. The molecular formula is C14H16N2S. The normalized spacial score (nSPS) is 17.2. The highest BCUT2D eigenvalue weighted by atomic mass is 32.2. The van der Waals surface area contributed by atoms with Crippen LogP contribution >= 0.6 is 11.8 Å². The Morgan fingerprint density at radius 3 is 2.94 bits per heavy atom. The molecule has 3 heteroatoms. The molecule has 0 radical (unpaired) electrons. The molecular weight excluding hydrogens is 228 g/mol. The second kappa shape index (κ2) is 4.96. The Balaban J connectivity index is 1.89. The van der Waals surface area contributed by atoms with Gasteiger partial charge in [0.2, 0.25) is 0 Å². The fraction of sp³-hybridized carbons (Fsp3) is 0.357. The van der Waals surface area contributed by atoms with E-state index in [4.69, 9.17) is 0 Å². The smallest absolute Gasteiger partial charge is 0.0423 e. The maximum absolute atomic E-state index is 4.17. The van der Waals surface area contributed by atoms with Gasteiger partial charge >= 0.3 is 0 Å². The third-order valence-corrected chi connectivity index (χ3v) is 4.31. The average molecular weight is 244 g/mol. The molecule has 1 aromatic carbocycles. The summed E-state index contributed by atoms with van der Waals surface area (Å²) in [6.45, 7) is 0. The highest BCUT2D eigenvalue weighted by molar-refractivity contribution is 7.99. The van der Waals surface area contributed by atoms with E-state index in [2.05, 4.69) is 46.3 Å². The summed E-state index contributed by atoms with van der Waals surface area (Å²) in [6.07, 6.45) is 6.33. The lowest BCUT2D eigenvalue weighted by Crippen LogP contribution is -2.24. The topological polar surface area (TPSA) is 24.9 Å². The van der Waals surface area contributed by atoms with Crippen LogP contribution < -0.4 is 5.32 Å². The Kier molecular flexibility index (Phi) is 3.18. The standard InChI is InChI=1S/C14H16N2S/c1-2-11-10-15-7-4-13(11)14(3-1)16-12-5-8-17-9-6-12/h1-4,7,10,12,16H,5-6,8-9H2. The molecule has 0 bridgehead atoms. The van der Waals surface area contributed by atoms with Crippen LogP contribution in [0.4, 0.5) is 5.69 Å². The second-order valence-corrected chi connectivity index (χ2v) is 5.66. The maximum Gasteiger partial charge on any atom is 0.0423 e. The zero-order valence-corrected chi connectivity index (χ0v) is 10.5. The first-order valence-electron chi connectivity index (χ1n) is 6.10. The van der Waals surface area contributed by atoms with E-state index in [9.17, 15) is 0 Å². The van der Waals surface area contributed by atoms with E-state index in [1.807, 2.05) is 12.4 Å². The highest BCUT2D eigenvalue weighted by Crippen LogP contribution is 2.26. The zero-order chi connectivity index (χ0) is 11.5. The lowest BCUT2D eigenvalue weighted by Gasteiger charge is -2.24. The number of hydrogen-bond donors (Lipinski definition) is 1. The summed E-state index contributed by atoms with van der Waals surface area (Å²) in [5.74, 6) is 2.56. The van der Waals surface area contributed by atoms with Gasteiger partial charge in [-0.1, -0.05) is 12.1 Å². The summed E-state index contributed by atoms with van der Waals surface area (Å²) < 4.78 is 0. The first kappa shape index (κ1) is 10.9. The molecule has 1 aromatic heterocycles.